The largest absolute Gasteiger partial charge is 0.484 e. The smallest absolute Gasteiger partial charge is 0.320 e. The third-order valence-electron chi connectivity index (χ3n) is 5.17. The number of urea groups is 1. The monoisotopic (exact) mass is 498 g/mol. The van der Waals surface area contributed by atoms with Crippen molar-refractivity contribution in [2.75, 3.05) is 19.9 Å². The van der Waals surface area contributed by atoms with Gasteiger partial charge in [-0.1, -0.05) is 38.6 Å². The van der Waals surface area contributed by atoms with E-state index in [9.17, 15) is 13.2 Å². The lowest BCUT2D eigenvalue weighted by Crippen LogP contribution is -2.39. The van der Waals surface area contributed by atoms with Crippen molar-refractivity contribution in [3.05, 3.63) is 60.3 Å². The molecule has 188 valence electrons. The second kappa shape index (κ2) is 12.3. The van der Waals surface area contributed by atoms with Gasteiger partial charge in [0.15, 0.2) is 15.7 Å². The molecule has 0 saturated heterocycles. The van der Waals surface area contributed by atoms with Crippen LogP contribution >= 0.6 is 0 Å². The van der Waals surface area contributed by atoms with E-state index in [1.54, 1.807) is 32.2 Å². The van der Waals surface area contributed by atoms with Crippen LogP contribution in [0.4, 0.5) is 10.5 Å². The summed E-state index contributed by atoms with van der Waals surface area (Å²) in [6.07, 6.45) is 1.63. The molecule has 35 heavy (non-hydrogen) atoms. The van der Waals surface area contributed by atoms with Crippen molar-refractivity contribution in [1.82, 2.24) is 10.6 Å². The number of allylic oxidation sites excluding steroid dienone is 1. The quantitative estimate of drug-likeness (QED) is 0.393. The van der Waals surface area contributed by atoms with Gasteiger partial charge in [-0.25, -0.2) is 23.2 Å². The number of nitrogens with zero attached hydrogens (tertiary/aromatic N) is 2. The van der Waals surface area contributed by atoms with Crippen LogP contribution < -0.4 is 10.6 Å². The molecular formula is C26H34N4O4S. The first-order valence-electron chi connectivity index (χ1n) is 11.2. The minimum absolute atomic E-state index is 0.213. The lowest BCUT2D eigenvalue weighted by Gasteiger charge is -2.11. The molecule has 0 heterocycles. The molecule has 0 spiro atoms. The van der Waals surface area contributed by atoms with E-state index in [0.717, 1.165) is 22.4 Å². The summed E-state index contributed by atoms with van der Waals surface area (Å²) in [7, 11) is -1.75. The molecule has 0 fully saturated rings. The molecule has 2 aromatic rings. The minimum atomic E-state index is -3.29. The number of aryl methyl sites for hydroxylation is 1. The van der Waals surface area contributed by atoms with Crippen LogP contribution in [0.5, 0.6) is 0 Å². The third-order valence-corrected chi connectivity index (χ3v) is 6.28. The molecule has 0 aliphatic heterocycles. The van der Waals surface area contributed by atoms with Crippen molar-refractivity contribution in [2.24, 2.45) is 15.9 Å². The van der Waals surface area contributed by atoms with Crippen molar-refractivity contribution < 1.29 is 17.9 Å². The van der Waals surface area contributed by atoms with E-state index in [4.69, 9.17) is 4.74 Å². The van der Waals surface area contributed by atoms with Gasteiger partial charge in [-0.05, 0) is 60.7 Å². The number of ether oxygens (including phenoxy) is 1. The van der Waals surface area contributed by atoms with Crippen molar-refractivity contribution in [2.45, 2.75) is 39.0 Å². The van der Waals surface area contributed by atoms with E-state index in [0.29, 0.717) is 30.4 Å². The first-order chi connectivity index (χ1) is 16.4. The van der Waals surface area contributed by atoms with Crippen LogP contribution in [-0.2, 0) is 14.6 Å². The van der Waals surface area contributed by atoms with Crippen LogP contribution in [0.3, 0.4) is 0 Å². The number of nitrogens with one attached hydrogen (secondary N) is 2. The van der Waals surface area contributed by atoms with Crippen molar-refractivity contribution in [3.63, 3.8) is 0 Å². The molecule has 0 radical (unpaired) electrons. The van der Waals surface area contributed by atoms with Crippen LogP contribution in [-0.4, -0.2) is 46.1 Å². The number of carbonyl (C=O) groups excluding carboxylic acids is 1. The number of sulfone groups is 1. The second-order valence-electron chi connectivity index (χ2n) is 8.49. The number of amides is 2. The Bertz CT molecular complexity index is 1250. The van der Waals surface area contributed by atoms with Crippen molar-refractivity contribution in [3.8, 4) is 11.1 Å². The van der Waals surface area contributed by atoms with E-state index in [1.807, 2.05) is 45.0 Å². The summed E-state index contributed by atoms with van der Waals surface area (Å²) >= 11 is 0. The highest BCUT2D eigenvalue weighted by molar-refractivity contribution is 7.90. The van der Waals surface area contributed by atoms with Gasteiger partial charge in [0.25, 0.3) is 0 Å². The van der Waals surface area contributed by atoms with Crippen LogP contribution in [0, 0.1) is 12.8 Å². The zero-order valence-electron chi connectivity index (χ0n) is 21.2. The average Bonchev–Trinajstić information content (AvgIpc) is 2.79. The molecule has 0 aromatic heterocycles. The summed E-state index contributed by atoms with van der Waals surface area (Å²) in [5.41, 5.74) is 3.99. The Balaban J connectivity index is 2.01. The van der Waals surface area contributed by atoms with Gasteiger partial charge in [0.2, 0.25) is 0 Å². The third kappa shape index (κ3) is 8.68. The van der Waals surface area contributed by atoms with E-state index in [2.05, 4.69) is 27.2 Å². The van der Waals surface area contributed by atoms with Gasteiger partial charge in [-0.3, -0.25) is 5.32 Å². The van der Waals surface area contributed by atoms with Crippen LogP contribution in [0.2, 0.25) is 0 Å². The standard InChI is InChI=1S/C26H34N4O4S/c1-17(2)19(4)28-25(34-6)13-14-27-26(31)30-20(5)29-24-12-11-22(15-18(24)3)21-9-8-10-23(16-21)35(7,32)33/h8-12,15-17H,4,13-14H2,1-3,5-7H3,(H2,27,29,30,31). The van der Waals surface area contributed by atoms with Gasteiger partial charge >= 0.3 is 6.03 Å². The normalized spacial score (nSPS) is 12.4. The maximum absolute atomic E-state index is 12.2. The molecule has 2 aromatic carbocycles. The predicted octanol–water partition coefficient (Wildman–Crippen LogP) is 5.02. The SMILES string of the molecule is C=C(N=C(CCNC(=O)NC(C)=Nc1ccc(-c2cccc(S(C)(=O)=O)c2)cc1C)OC)C(C)C. The number of benzene rings is 2. The second-order valence-corrected chi connectivity index (χ2v) is 10.5. The van der Waals surface area contributed by atoms with Gasteiger partial charge in [0.1, 0.15) is 5.84 Å². The maximum Gasteiger partial charge on any atom is 0.320 e. The first kappa shape index (κ1) is 27.8. The number of hydrogen-bond donors (Lipinski definition) is 2. The van der Waals surface area contributed by atoms with Crippen LogP contribution in [0.1, 0.15) is 32.8 Å². The fourth-order valence-electron chi connectivity index (χ4n) is 3.06. The zero-order chi connectivity index (χ0) is 26.2. The molecule has 8 nitrogen and oxygen atoms in total. The van der Waals surface area contributed by atoms with E-state index in [-0.39, 0.29) is 16.8 Å². The Morgan fingerprint density at radius 2 is 1.83 bits per heavy atom. The van der Waals surface area contributed by atoms with Crippen molar-refractivity contribution >= 4 is 33.3 Å². The number of aliphatic imine (C=N–C) groups is 2. The number of amidine groups is 1. The number of rotatable bonds is 8. The number of hydrogen-bond acceptors (Lipinski definition) is 6. The molecular weight excluding hydrogens is 464 g/mol. The zero-order valence-corrected chi connectivity index (χ0v) is 22.0. The highest BCUT2D eigenvalue weighted by Gasteiger charge is 2.10. The van der Waals surface area contributed by atoms with Gasteiger partial charge in [-0.15, -0.1) is 0 Å². The predicted molar refractivity (Wildman–Crippen MR) is 142 cm³/mol. The molecule has 9 heteroatoms. The summed E-state index contributed by atoms with van der Waals surface area (Å²) in [5, 5.41) is 5.47. The summed E-state index contributed by atoms with van der Waals surface area (Å²) in [4.78, 5) is 21.3. The molecule has 0 saturated carbocycles. The maximum atomic E-state index is 12.2. The first-order valence-corrected chi connectivity index (χ1v) is 13.1. The molecule has 2 N–H and O–H groups in total. The van der Waals surface area contributed by atoms with Crippen LogP contribution in [0.25, 0.3) is 11.1 Å². The van der Waals surface area contributed by atoms with Gasteiger partial charge in [-0.2, -0.15) is 0 Å². The van der Waals surface area contributed by atoms with Crippen LogP contribution in [0.15, 0.2) is 69.6 Å². The molecule has 0 aliphatic rings. The summed E-state index contributed by atoms with van der Waals surface area (Å²) in [6, 6.07) is 12.1. The summed E-state index contributed by atoms with van der Waals surface area (Å²) in [5.74, 6) is 1.16. The molecule has 0 atom stereocenters. The molecule has 2 amide bonds. The van der Waals surface area contributed by atoms with Gasteiger partial charge < -0.3 is 10.1 Å². The Morgan fingerprint density at radius 3 is 2.43 bits per heavy atom. The van der Waals surface area contributed by atoms with E-state index < -0.39 is 9.84 Å². The van der Waals surface area contributed by atoms with E-state index >= 15 is 0 Å². The lowest BCUT2D eigenvalue weighted by molar-refractivity contribution is 0.245. The Hall–Kier alpha value is -3.46. The summed E-state index contributed by atoms with van der Waals surface area (Å²) in [6.45, 7) is 11.9. The fraction of sp³-hybridized carbons (Fsp3) is 0.346. The Kier molecular flexibility index (Phi) is 9.77. The number of methoxy groups -OCH3 is 1. The highest BCUT2D eigenvalue weighted by Crippen LogP contribution is 2.28. The molecule has 2 rings (SSSR count). The average molecular weight is 499 g/mol. The lowest BCUT2D eigenvalue weighted by atomic mass is 10.0. The molecule has 0 aliphatic carbocycles. The molecule has 0 unspecified atom stereocenters. The minimum Gasteiger partial charge on any atom is -0.484 e. The molecule has 0 bridgehead atoms. The topological polar surface area (TPSA) is 109 Å². The fourth-order valence-corrected chi connectivity index (χ4v) is 3.73. The Morgan fingerprint density at radius 1 is 1.14 bits per heavy atom. The highest BCUT2D eigenvalue weighted by atomic mass is 32.2. The van der Waals surface area contributed by atoms with Crippen molar-refractivity contribution in [1.29, 1.82) is 0 Å². The van der Waals surface area contributed by atoms with E-state index in [1.165, 1.54) is 6.26 Å². The van der Waals surface area contributed by atoms with Gasteiger partial charge in [0, 0.05) is 24.9 Å². The Labute approximate surface area is 208 Å². The number of carbonyl (C=O) groups is 1. The van der Waals surface area contributed by atoms with Gasteiger partial charge in [0.05, 0.1) is 17.7 Å². The summed E-state index contributed by atoms with van der Waals surface area (Å²) < 4.78 is 29.0.